The number of hydrogen-bond donors (Lipinski definition) is 0. The van der Waals surface area contributed by atoms with E-state index in [0.29, 0.717) is 0 Å². The lowest BCUT2D eigenvalue weighted by atomic mass is 10.2. The van der Waals surface area contributed by atoms with Crippen LogP contribution in [-0.2, 0) is 7.05 Å². The van der Waals surface area contributed by atoms with Crippen molar-refractivity contribution in [2.45, 2.75) is 6.92 Å². The van der Waals surface area contributed by atoms with Crippen LogP contribution in [0.3, 0.4) is 0 Å². The number of hydrogen-bond acceptors (Lipinski definition) is 3. The summed E-state index contributed by atoms with van der Waals surface area (Å²) in [4.78, 5) is 0. The molecule has 4 heteroatoms. The molecule has 2 aromatic heterocycles. The van der Waals surface area contributed by atoms with Gasteiger partial charge in [-0.2, -0.15) is 5.10 Å². The monoisotopic (exact) mass is 163 g/mol. The molecule has 0 spiro atoms. The van der Waals surface area contributed by atoms with Crippen LogP contribution in [0.15, 0.2) is 23.0 Å². The Balaban J connectivity index is 2.43. The fourth-order valence-electron chi connectivity index (χ4n) is 1.05. The molecule has 4 nitrogen and oxygen atoms in total. The number of nitrogens with zero attached hydrogens (tertiary/aromatic N) is 3. The molecule has 2 rings (SSSR count). The van der Waals surface area contributed by atoms with Crippen LogP contribution in [0, 0.1) is 6.92 Å². The summed E-state index contributed by atoms with van der Waals surface area (Å²) in [5, 5.41) is 7.82. The molecule has 0 radical (unpaired) electrons. The summed E-state index contributed by atoms with van der Waals surface area (Å²) in [7, 11) is 1.87. The second-order valence-corrected chi connectivity index (χ2v) is 2.74. The Morgan fingerprint density at radius 2 is 2.33 bits per heavy atom. The maximum atomic E-state index is 5.06. The van der Waals surface area contributed by atoms with E-state index in [0.717, 1.165) is 17.0 Å². The van der Waals surface area contributed by atoms with Gasteiger partial charge in [0.25, 0.3) is 0 Å². The normalized spacial score (nSPS) is 10.5. The third-order valence-electron chi connectivity index (χ3n) is 1.62. The average Bonchev–Trinajstić information content (AvgIpc) is 2.58. The zero-order chi connectivity index (χ0) is 8.55. The van der Waals surface area contributed by atoms with Gasteiger partial charge in [0.05, 0.1) is 17.5 Å². The highest BCUT2D eigenvalue weighted by Crippen LogP contribution is 2.18. The van der Waals surface area contributed by atoms with Gasteiger partial charge >= 0.3 is 0 Å². The Morgan fingerprint density at radius 3 is 2.83 bits per heavy atom. The molecule has 0 saturated carbocycles. The molecule has 2 aromatic rings. The average molecular weight is 163 g/mol. The molecule has 0 aliphatic heterocycles. The first-order chi connectivity index (χ1) is 5.75. The number of aryl methyl sites for hydroxylation is 2. The minimum Gasteiger partial charge on any atom is -0.356 e. The number of aromatic nitrogens is 3. The fraction of sp³-hybridized carbons (Fsp3) is 0.250. The highest BCUT2D eigenvalue weighted by molar-refractivity contribution is 5.54. The quantitative estimate of drug-likeness (QED) is 0.638. The van der Waals surface area contributed by atoms with Gasteiger partial charge in [-0.25, -0.2) is 0 Å². The minimum atomic E-state index is 0.764. The first kappa shape index (κ1) is 7.09. The van der Waals surface area contributed by atoms with E-state index in [2.05, 4.69) is 10.3 Å². The van der Waals surface area contributed by atoms with Crippen molar-refractivity contribution in [3.63, 3.8) is 0 Å². The van der Waals surface area contributed by atoms with Gasteiger partial charge in [-0.05, 0) is 6.92 Å². The van der Waals surface area contributed by atoms with Crippen LogP contribution in [0.2, 0.25) is 0 Å². The molecule has 0 fully saturated rings. The van der Waals surface area contributed by atoms with Gasteiger partial charge in [-0.1, -0.05) is 5.16 Å². The number of rotatable bonds is 1. The summed E-state index contributed by atoms with van der Waals surface area (Å²) >= 11 is 0. The molecule has 62 valence electrons. The van der Waals surface area contributed by atoms with Crippen molar-refractivity contribution in [2.75, 3.05) is 0 Å². The van der Waals surface area contributed by atoms with Crippen molar-refractivity contribution in [1.29, 1.82) is 0 Å². The van der Waals surface area contributed by atoms with Crippen molar-refractivity contribution < 1.29 is 4.52 Å². The first-order valence-corrected chi connectivity index (χ1v) is 3.68. The van der Waals surface area contributed by atoms with E-state index in [4.69, 9.17) is 4.52 Å². The first-order valence-electron chi connectivity index (χ1n) is 3.68. The van der Waals surface area contributed by atoms with E-state index >= 15 is 0 Å². The molecule has 0 aromatic carbocycles. The Morgan fingerprint density at radius 1 is 1.50 bits per heavy atom. The van der Waals surface area contributed by atoms with E-state index in [1.165, 1.54) is 0 Å². The van der Waals surface area contributed by atoms with Gasteiger partial charge in [0.15, 0.2) is 5.76 Å². The van der Waals surface area contributed by atoms with E-state index in [1.54, 1.807) is 10.9 Å². The van der Waals surface area contributed by atoms with E-state index in [-0.39, 0.29) is 0 Å². The predicted molar refractivity (Wildman–Crippen MR) is 43.4 cm³/mol. The Labute approximate surface area is 69.8 Å². The van der Waals surface area contributed by atoms with Gasteiger partial charge in [0.1, 0.15) is 0 Å². The molecule has 0 saturated heterocycles. The summed E-state index contributed by atoms with van der Waals surface area (Å²) in [5.41, 5.74) is 1.84. The molecule has 12 heavy (non-hydrogen) atoms. The van der Waals surface area contributed by atoms with E-state index in [9.17, 15) is 0 Å². The lowest BCUT2D eigenvalue weighted by molar-refractivity contribution is 0.427. The minimum absolute atomic E-state index is 0.764. The maximum Gasteiger partial charge on any atom is 0.170 e. The van der Waals surface area contributed by atoms with Crippen LogP contribution in [0.5, 0.6) is 0 Å². The van der Waals surface area contributed by atoms with Gasteiger partial charge in [0, 0.05) is 19.3 Å². The van der Waals surface area contributed by atoms with Crippen LogP contribution in [-0.4, -0.2) is 14.9 Å². The molecule has 0 amide bonds. The zero-order valence-corrected chi connectivity index (χ0v) is 6.98. The van der Waals surface area contributed by atoms with Crippen molar-refractivity contribution in [3.05, 3.63) is 24.2 Å². The highest BCUT2D eigenvalue weighted by atomic mass is 16.5. The summed E-state index contributed by atoms with van der Waals surface area (Å²) < 4.78 is 6.79. The lowest BCUT2D eigenvalue weighted by Crippen LogP contribution is -1.83. The summed E-state index contributed by atoms with van der Waals surface area (Å²) in [6, 6.07) is 1.89. The van der Waals surface area contributed by atoms with Crippen molar-refractivity contribution in [1.82, 2.24) is 14.9 Å². The van der Waals surface area contributed by atoms with Gasteiger partial charge in [-0.3, -0.25) is 4.68 Å². The van der Waals surface area contributed by atoms with Gasteiger partial charge in [0.2, 0.25) is 0 Å². The van der Waals surface area contributed by atoms with Crippen molar-refractivity contribution >= 4 is 0 Å². The molecule has 0 aliphatic carbocycles. The molecule has 0 unspecified atom stereocenters. The fourth-order valence-corrected chi connectivity index (χ4v) is 1.05. The lowest BCUT2D eigenvalue weighted by Gasteiger charge is -1.84. The van der Waals surface area contributed by atoms with Gasteiger partial charge < -0.3 is 4.52 Å². The molecular formula is C8H9N3O. The Hall–Kier alpha value is -1.58. The molecule has 0 N–H and O–H groups in total. The maximum absolute atomic E-state index is 5.06. The second kappa shape index (κ2) is 2.48. The van der Waals surface area contributed by atoms with Crippen LogP contribution in [0.4, 0.5) is 0 Å². The van der Waals surface area contributed by atoms with Crippen molar-refractivity contribution in [2.24, 2.45) is 7.05 Å². The smallest absolute Gasteiger partial charge is 0.170 e. The molecular weight excluding hydrogens is 154 g/mol. The van der Waals surface area contributed by atoms with Crippen LogP contribution in [0.25, 0.3) is 11.3 Å². The predicted octanol–water partition coefficient (Wildman–Crippen LogP) is 1.38. The third-order valence-corrected chi connectivity index (χ3v) is 1.62. The zero-order valence-electron chi connectivity index (χ0n) is 6.98. The molecule has 2 heterocycles. The molecule has 0 atom stereocenters. The largest absolute Gasteiger partial charge is 0.356 e. The van der Waals surface area contributed by atoms with Gasteiger partial charge in [-0.15, -0.1) is 0 Å². The molecule has 0 bridgehead atoms. The Bertz CT molecular complexity index is 350. The molecule has 0 aliphatic rings. The highest BCUT2D eigenvalue weighted by Gasteiger charge is 2.04. The van der Waals surface area contributed by atoms with Crippen molar-refractivity contribution in [3.8, 4) is 11.3 Å². The SMILES string of the molecule is Cc1cc(-c2cnn(C)c2)on1. The summed E-state index contributed by atoms with van der Waals surface area (Å²) in [5.74, 6) is 0.764. The van der Waals surface area contributed by atoms with E-state index in [1.807, 2.05) is 26.2 Å². The van der Waals surface area contributed by atoms with Crippen LogP contribution in [0.1, 0.15) is 5.69 Å². The summed E-state index contributed by atoms with van der Waals surface area (Å²) in [6.45, 7) is 1.89. The van der Waals surface area contributed by atoms with E-state index < -0.39 is 0 Å². The standard InChI is InChI=1S/C8H9N3O/c1-6-3-8(12-10-6)7-4-9-11(2)5-7/h3-5H,1-2H3. The van der Waals surface area contributed by atoms with Crippen LogP contribution >= 0.6 is 0 Å². The Kier molecular flexibility index (Phi) is 1.46. The van der Waals surface area contributed by atoms with Crippen LogP contribution < -0.4 is 0 Å². The third kappa shape index (κ3) is 1.11. The summed E-state index contributed by atoms with van der Waals surface area (Å²) in [6.07, 6.45) is 3.64. The topological polar surface area (TPSA) is 43.9 Å². The second-order valence-electron chi connectivity index (χ2n) is 2.74.